The fraction of sp³-hybridized carbons (Fsp3) is 0.417. The third-order valence-corrected chi connectivity index (χ3v) is 5.98. The third kappa shape index (κ3) is 4.49. The molecule has 1 aliphatic carbocycles. The second-order valence-electron chi connectivity index (χ2n) is 8.26. The molecular formula is C24H28FN3O4. The number of rotatable bonds is 6. The fourth-order valence-corrected chi connectivity index (χ4v) is 4.06. The van der Waals surface area contributed by atoms with E-state index in [4.69, 9.17) is 9.47 Å². The average molecular weight is 442 g/mol. The highest BCUT2D eigenvalue weighted by Crippen LogP contribution is 2.41. The number of nitrogens with zero attached hydrogens (tertiary/aromatic N) is 1. The molecule has 32 heavy (non-hydrogen) atoms. The number of hydrogen-bond donors (Lipinski definition) is 2. The van der Waals surface area contributed by atoms with Gasteiger partial charge in [-0.15, -0.1) is 0 Å². The van der Waals surface area contributed by atoms with E-state index in [-0.39, 0.29) is 23.8 Å². The Balaban J connectivity index is 1.66. The van der Waals surface area contributed by atoms with Gasteiger partial charge < -0.3 is 25.0 Å². The van der Waals surface area contributed by atoms with Gasteiger partial charge in [0, 0.05) is 12.6 Å². The molecule has 2 aliphatic rings. The van der Waals surface area contributed by atoms with Crippen LogP contribution in [0, 0.1) is 5.82 Å². The zero-order chi connectivity index (χ0) is 22.8. The quantitative estimate of drug-likeness (QED) is 0.722. The van der Waals surface area contributed by atoms with E-state index in [1.165, 1.54) is 12.1 Å². The Bertz CT molecular complexity index is 1010. The van der Waals surface area contributed by atoms with Crippen molar-refractivity contribution in [1.29, 1.82) is 0 Å². The second-order valence-corrected chi connectivity index (χ2v) is 8.26. The maximum Gasteiger partial charge on any atom is 0.318 e. The molecule has 7 nitrogen and oxygen atoms in total. The molecule has 0 radical (unpaired) electrons. The Morgan fingerprint density at radius 2 is 1.75 bits per heavy atom. The smallest absolute Gasteiger partial charge is 0.318 e. The summed E-state index contributed by atoms with van der Waals surface area (Å²) in [7, 11) is 3.14. The predicted molar refractivity (Wildman–Crippen MR) is 117 cm³/mol. The summed E-state index contributed by atoms with van der Waals surface area (Å²) in [5, 5.41) is 5.73. The van der Waals surface area contributed by atoms with Gasteiger partial charge >= 0.3 is 6.03 Å². The Morgan fingerprint density at radius 3 is 2.38 bits per heavy atom. The fourth-order valence-electron chi connectivity index (χ4n) is 4.06. The molecule has 1 fully saturated rings. The third-order valence-electron chi connectivity index (χ3n) is 5.98. The Labute approximate surface area is 186 Å². The molecule has 0 saturated heterocycles. The van der Waals surface area contributed by atoms with Gasteiger partial charge in [0.05, 0.1) is 20.3 Å². The number of fused-ring (bicyclic) bond motifs is 1. The van der Waals surface area contributed by atoms with Crippen LogP contribution in [0.2, 0.25) is 0 Å². The number of nitrogens with one attached hydrogen (secondary N) is 2. The van der Waals surface area contributed by atoms with E-state index < -0.39 is 12.1 Å². The predicted octanol–water partition coefficient (Wildman–Crippen LogP) is 3.17. The van der Waals surface area contributed by atoms with Gasteiger partial charge in [0.15, 0.2) is 11.5 Å². The molecule has 2 N–H and O–H groups in total. The van der Waals surface area contributed by atoms with Crippen molar-refractivity contribution < 1.29 is 23.5 Å². The zero-order valence-corrected chi connectivity index (χ0v) is 18.5. The first-order chi connectivity index (χ1) is 15.4. The monoisotopic (exact) mass is 441 g/mol. The standard InChI is InChI=1S/C24H28FN3O4/c1-14(23(29)27-18-8-9-18)26-24(30)28-11-10-16-12-20(31-2)21(32-3)13-19(16)22(28)15-4-6-17(25)7-5-15/h4-7,12-14,18,22H,8-11H2,1-3H3,(H,26,30)(H,27,29)/t14-,22?/m1/s1. The lowest BCUT2D eigenvalue weighted by Crippen LogP contribution is -2.52. The SMILES string of the molecule is COc1cc2c(cc1OC)C(c1ccc(F)cc1)N(C(=O)N[C@H](C)C(=O)NC1CC1)CC2. The number of benzene rings is 2. The second kappa shape index (κ2) is 9.06. The maximum atomic E-state index is 13.6. The number of amides is 3. The summed E-state index contributed by atoms with van der Waals surface area (Å²) in [5.41, 5.74) is 2.68. The van der Waals surface area contributed by atoms with Gasteiger partial charge in [-0.25, -0.2) is 9.18 Å². The molecular weight excluding hydrogens is 413 g/mol. The molecule has 1 saturated carbocycles. The number of urea groups is 1. The summed E-state index contributed by atoms with van der Waals surface area (Å²) in [6, 6.07) is 8.65. The molecule has 3 amide bonds. The molecule has 8 heteroatoms. The molecule has 170 valence electrons. The summed E-state index contributed by atoms with van der Waals surface area (Å²) >= 11 is 0. The van der Waals surface area contributed by atoms with Crippen LogP contribution in [0.4, 0.5) is 9.18 Å². The van der Waals surface area contributed by atoms with Crippen molar-refractivity contribution >= 4 is 11.9 Å². The van der Waals surface area contributed by atoms with Crippen LogP contribution in [0.1, 0.15) is 42.5 Å². The average Bonchev–Trinajstić information content (AvgIpc) is 3.61. The highest BCUT2D eigenvalue weighted by molar-refractivity contribution is 5.87. The zero-order valence-electron chi connectivity index (χ0n) is 18.5. The number of hydrogen-bond acceptors (Lipinski definition) is 4. The first-order valence-corrected chi connectivity index (χ1v) is 10.8. The first kappa shape index (κ1) is 21.9. The minimum Gasteiger partial charge on any atom is -0.493 e. The molecule has 2 aromatic carbocycles. The number of methoxy groups -OCH3 is 2. The van der Waals surface area contributed by atoms with Crippen molar-refractivity contribution in [2.45, 2.75) is 44.3 Å². The van der Waals surface area contributed by atoms with Crippen LogP contribution >= 0.6 is 0 Å². The van der Waals surface area contributed by atoms with Gasteiger partial charge in [-0.2, -0.15) is 0 Å². The lowest BCUT2D eigenvalue weighted by Gasteiger charge is -2.38. The molecule has 1 heterocycles. The van der Waals surface area contributed by atoms with Crippen LogP contribution in [0.15, 0.2) is 36.4 Å². The molecule has 2 aromatic rings. The van der Waals surface area contributed by atoms with Gasteiger partial charge in [-0.3, -0.25) is 4.79 Å². The summed E-state index contributed by atoms with van der Waals surface area (Å²) in [6.45, 7) is 2.11. The van der Waals surface area contributed by atoms with Crippen LogP contribution in [0.3, 0.4) is 0 Å². The summed E-state index contributed by atoms with van der Waals surface area (Å²) in [5.74, 6) is 0.631. The lowest BCUT2D eigenvalue weighted by molar-refractivity contribution is -0.122. The normalized spacial score (nSPS) is 18.4. The van der Waals surface area contributed by atoms with E-state index in [2.05, 4.69) is 10.6 Å². The number of halogens is 1. The highest BCUT2D eigenvalue weighted by Gasteiger charge is 2.35. The van der Waals surface area contributed by atoms with Gasteiger partial charge in [-0.1, -0.05) is 12.1 Å². The highest BCUT2D eigenvalue weighted by atomic mass is 19.1. The summed E-state index contributed by atoms with van der Waals surface area (Å²) < 4.78 is 24.5. The number of carbonyl (C=O) groups excluding carboxylic acids is 2. The van der Waals surface area contributed by atoms with Crippen LogP contribution in [-0.4, -0.2) is 49.7 Å². The van der Waals surface area contributed by atoms with Crippen molar-refractivity contribution in [1.82, 2.24) is 15.5 Å². The van der Waals surface area contributed by atoms with E-state index in [9.17, 15) is 14.0 Å². The largest absolute Gasteiger partial charge is 0.493 e. The summed E-state index contributed by atoms with van der Waals surface area (Å²) in [6.07, 6.45) is 2.57. The van der Waals surface area contributed by atoms with Gasteiger partial charge in [0.25, 0.3) is 0 Å². The number of ether oxygens (including phenoxy) is 2. The maximum absolute atomic E-state index is 13.6. The molecule has 1 unspecified atom stereocenters. The Hall–Kier alpha value is -3.29. The number of carbonyl (C=O) groups is 2. The molecule has 4 rings (SSSR count). The lowest BCUT2D eigenvalue weighted by atomic mass is 9.88. The van der Waals surface area contributed by atoms with E-state index in [1.807, 2.05) is 12.1 Å². The van der Waals surface area contributed by atoms with E-state index in [1.54, 1.807) is 38.2 Å². The van der Waals surface area contributed by atoms with E-state index >= 15 is 0 Å². The molecule has 2 atom stereocenters. The minimum absolute atomic E-state index is 0.192. The van der Waals surface area contributed by atoms with Gasteiger partial charge in [-0.05, 0) is 67.1 Å². The van der Waals surface area contributed by atoms with E-state index in [0.717, 1.165) is 29.5 Å². The minimum atomic E-state index is -0.663. The molecule has 0 bridgehead atoms. The van der Waals surface area contributed by atoms with Crippen molar-refractivity contribution in [2.24, 2.45) is 0 Å². The Kier molecular flexibility index (Phi) is 6.21. The topological polar surface area (TPSA) is 79.9 Å². The van der Waals surface area contributed by atoms with Crippen LogP contribution in [0.25, 0.3) is 0 Å². The van der Waals surface area contributed by atoms with Crippen molar-refractivity contribution in [3.8, 4) is 11.5 Å². The molecule has 0 aromatic heterocycles. The Morgan fingerprint density at radius 1 is 1.09 bits per heavy atom. The van der Waals surface area contributed by atoms with Crippen LogP contribution in [0.5, 0.6) is 11.5 Å². The van der Waals surface area contributed by atoms with Crippen molar-refractivity contribution in [3.63, 3.8) is 0 Å². The summed E-state index contributed by atoms with van der Waals surface area (Å²) in [4.78, 5) is 27.3. The van der Waals surface area contributed by atoms with Gasteiger partial charge in [0.1, 0.15) is 11.9 Å². The molecule has 0 spiro atoms. The van der Waals surface area contributed by atoms with Crippen molar-refractivity contribution in [3.05, 3.63) is 58.9 Å². The van der Waals surface area contributed by atoms with Crippen LogP contribution < -0.4 is 20.1 Å². The van der Waals surface area contributed by atoms with Crippen molar-refractivity contribution in [2.75, 3.05) is 20.8 Å². The molecule has 1 aliphatic heterocycles. The van der Waals surface area contributed by atoms with Gasteiger partial charge in [0.2, 0.25) is 5.91 Å². The first-order valence-electron chi connectivity index (χ1n) is 10.8. The van der Waals surface area contributed by atoms with E-state index in [0.29, 0.717) is 24.5 Å². The van der Waals surface area contributed by atoms with Crippen LogP contribution in [-0.2, 0) is 11.2 Å².